The third-order valence-electron chi connectivity index (χ3n) is 4.89. The number of nitrogens with one attached hydrogen (secondary N) is 1. The molecule has 1 heterocycles. The van der Waals surface area contributed by atoms with Crippen LogP contribution in [-0.2, 0) is 17.7 Å². The summed E-state index contributed by atoms with van der Waals surface area (Å²) in [7, 11) is 0. The van der Waals surface area contributed by atoms with Gasteiger partial charge in [0.15, 0.2) is 0 Å². The molecule has 1 aliphatic heterocycles. The largest absolute Gasteiger partial charge is 0.494 e. The monoisotopic (exact) mass is 382 g/mol. The molecule has 0 atom stereocenters. The predicted octanol–water partition coefficient (Wildman–Crippen LogP) is 3.28. The Labute approximate surface area is 167 Å². The summed E-state index contributed by atoms with van der Waals surface area (Å²) in [6, 6.07) is 16.1. The lowest BCUT2D eigenvalue weighted by molar-refractivity contribution is 0.0342. The number of hydrogen-bond donors (Lipinski definition) is 1. The fourth-order valence-electron chi connectivity index (χ4n) is 3.29. The molecular formula is C23H30N2O3. The van der Waals surface area contributed by atoms with E-state index in [0.717, 1.165) is 51.4 Å². The van der Waals surface area contributed by atoms with Gasteiger partial charge in [0.25, 0.3) is 5.91 Å². The van der Waals surface area contributed by atoms with Crippen molar-refractivity contribution in [2.24, 2.45) is 0 Å². The topological polar surface area (TPSA) is 50.8 Å². The van der Waals surface area contributed by atoms with Crippen molar-refractivity contribution in [2.45, 2.75) is 26.3 Å². The van der Waals surface area contributed by atoms with Crippen LogP contribution in [0.2, 0.25) is 0 Å². The average molecular weight is 383 g/mol. The second kappa shape index (κ2) is 10.8. The van der Waals surface area contributed by atoms with Crippen molar-refractivity contribution < 1.29 is 14.3 Å². The number of hydrogen-bond acceptors (Lipinski definition) is 4. The summed E-state index contributed by atoms with van der Waals surface area (Å²) in [6.07, 6.45) is 1.85. The molecule has 3 rings (SSSR count). The van der Waals surface area contributed by atoms with Gasteiger partial charge in [0.05, 0.1) is 19.8 Å². The van der Waals surface area contributed by atoms with E-state index < -0.39 is 0 Å². The minimum Gasteiger partial charge on any atom is -0.494 e. The number of carbonyl (C=O) groups is 1. The van der Waals surface area contributed by atoms with E-state index in [1.54, 1.807) is 0 Å². The van der Waals surface area contributed by atoms with Crippen LogP contribution in [0.15, 0.2) is 48.5 Å². The summed E-state index contributed by atoms with van der Waals surface area (Å²) in [6.45, 7) is 7.78. The summed E-state index contributed by atoms with van der Waals surface area (Å²) in [5.74, 6) is 0.890. The number of benzene rings is 2. The SMILES string of the molecule is CCOc1ccc(CCCNC(=O)c2ccc(CN3CCOCC3)cc2)cc1. The molecule has 2 aromatic carbocycles. The maximum Gasteiger partial charge on any atom is 0.251 e. The van der Waals surface area contributed by atoms with Gasteiger partial charge in [0.2, 0.25) is 0 Å². The first-order valence-electron chi connectivity index (χ1n) is 10.1. The third-order valence-corrected chi connectivity index (χ3v) is 4.89. The van der Waals surface area contributed by atoms with E-state index in [9.17, 15) is 4.79 Å². The molecule has 5 nitrogen and oxygen atoms in total. The molecule has 2 aromatic rings. The first-order chi connectivity index (χ1) is 13.7. The zero-order valence-corrected chi connectivity index (χ0v) is 16.7. The Hall–Kier alpha value is -2.37. The standard InChI is InChI=1S/C23H30N2O3/c1-2-28-22-11-7-19(8-12-22)4-3-13-24-23(26)21-9-5-20(6-10-21)18-25-14-16-27-17-15-25/h5-12H,2-4,13-18H2,1H3,(H,24,26). The van der Waals surface area contributed by atoms with E-state index in [-0.39, 0.29) is 5.91 Å². The highest BCUT2D eigenvalue weighted by molar-refractivity contribution is 5.94. The van der Waals surface area contributed by atoms with Gasteiger partial charge in [0, 0.05) is 31.7 Å². The predicted molar refractivity (Wildman–Crippen MR) is 111 cm³/mol. The number of nitrogens with zero attached hydrogens (tertiary/aromatic N) is 1. The molecule has 0 saturated carbocycles. The van der Waals surface area contributed by atoms with E-state index in [2.05, 4.69) is 22.3 Å². The van der Waals surface area contributed by atoms with Crippen molar-refractivity contribution in [3.8, 4) is 5.75 Å². The number of carbonyl (C=O) groups excluding carboxylic acids is 1. The molecule has 0 spiro atoms. The van der Waals surface area contributed by atoms with Crippen molar-refractivity contribution in [1.29, 1.82) is 0 Å². The first kappa shape index (κ1) is 20.4. The number of aryl methyl sites for hydroxylation is 1. The zero-order chi connectivity index (χ0) is 19.6. The molecule has 150 valence electrons. The molecule has 0 unspecified atom stereocenters. The summed E-state index contributed by atoms with van der Waals surface area (Å²) in [5, 5.41) is 3.01. The van der Waals surface area contributed by atoms with E-state index in [4.69, 9.17) is 9.47 Å². The van der Waals surface area contributed by atoms with Gasteiger partial charge in [-0.05, 0) is 55.2 Å². The average Bonchev–Trinajstić information content (AvgIpc) is 2.74. The molecule has 0 aromatic heterocycles. The van der Waals surface area contributed by atoms with Crippen LogP contribution in [0.4, 0.5) is 0 Å². The molecule has 1 aliphatic rings. The van der Waals surface area contributed by atoms with E-state index in [1.165, 1.54) is 11.1 Å². The molecule has 1 N–H and O–H groups in total. The van der Waals surface area contributed by atoms with E-state index in [1.807, 2.05) is 43.3 Å². The van der Waals surface area contributed by atoms with Gasteiger partial charge in [-0.1, -0.05) is 24.3 Å². The minimum atomic E-state index is -0.00961. The smallest absolute Gasteiger partial charge is 0.251 e. The van der Waals surface area contributed by atoms with Crippen LogP contribution in [-0.4, -0.2) is 50.3 Å². The zero-order valence-electron chi connectivity index (χ0n) is 16.7. The van der Waals surface area contributed by atoms with Crippen LogP contribution < -0.4 is 10.1 Å². The first-order valence-corrected chi connectivity index (χ1v) is 10.1. The van der Waals surface area contributed by atoms with Crippen molar-refractivity contribution in [3.63, 3.8) is 0 Å². The molecule has 1 amide bonds. The quantitative estimate of drug-likeness (QED) is 0.676. The molecule has 1 fully saturated rings. The summed E-state index contributed by atoms with van der Waals surface area (Å²) >= 11 is 0. The number of ether oxygens (including phenoxy) is 2. The highest BCUT2D eigenvalue weighted by Gasteiger charge is 2.11. The Morgan fingerprint density at radius 2 is 1.71 bits per heavy atom. The van der Waals surface area contributed by atoms with Gasteiger partial charge >= 0.3 is 0 Å². The highest BCUT2D eigenvalue weighted by atomic mass is 16.5. The summed E-state index contributed by atoms with van der Waals surface area (Å²) in [4.78, 5) is 14.7. The number of amides is 1. The normalized spacial score (nSPS) is 14.6. The van der Waals surface area contributed by atoms with Crippen LogP contribution in [0.1, 0.15) is 34.8 Å². The fourth-order valence-corrected chi connectivity index (χ4v) is 3.29. The lowest BCUT2D eigenvalue weighted by Crippen LogP contribution is -2.35. The maximum atomic E-state index is 12.3. The second-order valence-corrected chi connectivity index (χ2v) is 7.02. The second-order valence-electron chi connectivity index (χ2n) is 7.02. The Bertz CT molecular complexity index is 723. The lowest BCUT2D eigenvalue weighted by atomic mass is 10.1. The number of morpholine rings is 1. The fraction of sp³-hybridized carbons (Fsp3) is 0.435. The van der Waals surface area contributed by atoms with Gasteiger partial charge in [-0.25, -0.2) is 0 Å². The highest BCUT2D eigenvalue weighted by Crippen LogP contribution is 2.13. The molecule has 0 aliphatic carbocycles. The van der Waals surface area contributed by atoms with E-state index in [0.29, 0.717) is 18.7 Å². The van der Waals surface area contributed by atoms with Crippen LogP contribution >= 0.6 is 0 Å². The van der Waals surface area contributed by atoms with Gasteiger partial charge in [-0.2, -0.15) is 0 Å². The molecule has 0 bridgehead atoms. The van der Waals surface area contributed by atoms with Gasteiger partial charge < -0.3 is 14.8 Å². The van der Waals surface area contributed by atoms with Gasteiger partial charge in [-0.15, -0.1) is 0 Å². The van der Waals surface area contributed by atoms with Crippen molar-refractivity contribution in [2.75, 3.05) is 39.5 Å². The van der Waals surface area contributed by atoms with Crippen LogP contribution in [0.5, 0.6) is 5.75 Å². The molecule has 1 saturated heterocycles. The van der Waals surface area contributed by atoms with Crippen molar-refractivity contribution in [1.82, 2.24) is 10.2 Å². The van der Waals surface area contributed by atoms with Gasteiger partial charge in [0.1, 0.15) is 5.75 Å². The molecular weight excluding hydrogens is 352 g/mol. The molecule has 28 heavy (non-hydrogen) atoms. The van der Waals surface area contributed by atoms with Crippen LogP contribution in [0.3, 0.4) is 0 Å². The van der Waals surface area contributed by atoms with Crippen LogP contribution in [0.25, 0.3) is 0 Å². The van der Waals surface area contributed by atoms with Gasteiger partial charge in [-0.3, -0.25) is 9.69 Å². The summed E-state index contributed by atoms with van der Waals surface area (Å²) in [5.41, 5.74) is 3.20. The van der Waals surface area contributed by atoms with Crippen molar-refractivity contribution in [3.05, 3.63) is 65.2 Å². The van der Waals surface area contributed by atoms with E-state index >= 15 is 0 Å². The Balaban J connectivity index is 1.38. The maximum absolute atomic E-state index is 12.3. The van der Waals surface area contributed by atoms with Crippen LogP contribution in [0, 0.1) is 0 Å². The molecule has 0 radical (unpaired) electrons. The lowest BCUT2D eigenvalue weighted by Gasteiger charge is -2.26. The Morgan fingerprint density at radius 1 is 1.04 bits per heavy atom. The number of rotatable bonds is 9. The van der Waals surface area contributed by atoms with Crippen molar-refractivity contribution >= 4 is 5.91 Å². The molecule has 5 heteroatoms. The Morgan fingerprint density at radius 3 is 2.39 bits per heavy atom. The summed E-state index contributed by atoms with van der Waals surface area (Å²) < 4.78 is 10.8. The third kappa shape index (κ3) is 6.36. The minimum absolute atomic E-state index is 0.00961. The Kier molecular flexibility index (Phi) is 7.88.